The molecule has 0 aliphatic carbocycles. The Morgan fingerprint density at radius 1 is 1.09 bits per heavy atom. The van der Waals surface area contributed by atoms with Gasteiger partial charge in [0.25, 0.3) is 10.6 Å². The maximum Gasteiger partial charge on any atom is 0.369 e. The zero-order valence-corrected chi connectivity index (χ0v) is 24.2. The lowest BCUT2D eigenvalue weighted by atomic mass is 10.1. The highest BCUT2D eigenvalue weighted by atomic mass is 31.2. The summed E-state index contributed by atoms with van der Waals surface area (Å²) in [6.45, 7) is 1.26. The molecule has 17 nitrogen and oxygen atoms in total. The summed E-state index contributed by atoms with van der Waals surface area (Å²) < 4.78 is 35.0. The third-order valence-corrected chi connectivity index (χ3v) is 10.0. The molecule has 1 aliphatic rings. The average molecular weight is 641 g/mol. The lowest BCUT2D eigenvalue weighted by Gasteiger charge is -2.29. The van der Waals surface area contributed by atoms with E-state index in [1.807, 2.05) is 0 Å². The molecule has 43 heavy (non-hydrogen) atoms. The van der Waals surface area contributed by atoms with Gasteiger partial charge >= 0.3 is 20.9 Å². The number of azide groups is 1. The molecule has 3 aromatic rings. The van der Waals surface area contributed by atoms with Crippen molar-refractivity contribution in [1.29, 1.82) is 0 Å². The van der Waals surface area contributed by atoms with Crippen LogP contribution in [0.1, 0.15) is 23.8 Å². The fourth-order valence-electron chi connectivity index (χ4n) is 4.03. The monoisotopic (exact) mass is 641 g/mol. The topological polar surface area (TPSA) is 278 Å². The third kappa shape index (κ3) is 8.28. The summed E-state index contributed by atoms with van der Waals surface area (Å²) in [4.78, 5) is 64.5. The van der Waals surface area contributed by atoms with E-state index in [4.69, 9.17) is 20.1 Å². The summed E-state index contributed by atoms with van der Waals surface area (Å²) in [6.07, 6.45) is -0.608. The van der Waals surface area contributed by atoms with Crippen LogP contribution in [-0.4, -0.2) is 63.2 Å². The lowest BCUT2D eigenvalue weighted by Crippen LogP contribution is -2.33. The number of ether oxygens (including phenoxy) is 2. The molecule has 1 aromatic heterocycles. The van der Waals surface area contributed by atoms with Crippen molar-refractivity contribution in [2.75, 3.05) is 6.61 Å². The van der Waals surface area contributed by atoms with E-state index in [2.05, 4.69) is 15.0 Å². The molecule has 0 bridgehead atoms. The molecule has 3 atom stereocenters. The Labute approximate surface area is 242 Å². The first-order chi connectivity index (χ1) is 20.1. The molecule has 0 saturated carbocycles. The van der Waals surface area contributed by atoms with E-state index in [1.54, 1.807) is 43.3 Å². The van der Waals surface area contributed by atoms with Crippen molar-refractivity contribution in [3.8, 4) is 11.5 Å². The molecule has 1 aliphatic heterocycles. The first kappa shape index (κ1) is 33.9. The van der Waals surface area contributed by atoms with Gasteiger partial charge in [0.1, 0.15) is 17.7 Å². The normalized spacial score (nSPS) is 18.7. The second-order valence-electron chi connectivity index (χ2n) is 9.40. The van der Waals surface area contributed by atoms with Gasteiger partial charge in [0.15, 0.2) is 0 Å². The third-order valence-electron chi connectivity index (χ3n) is 6.29. The number of aromatic amines is 1. The number of para-hydroxylation sites is 1. The van der Waals surface area contributed by atoms with Crippen molar-refractivity contribution >= 4 is 15.2 Å². The second-order valence-corrected chi connectivity index (χ2v) is 13.4. The molecule has 1 saturated heterocycles. The summed E-state index contributed by atoms with van der Waals surface area (Å²) in [7, 11) is -11.0. The Morgan fingerprint density at radius 2 is 1.72 bits per heavy atom. The maximum atomic E-state index is 11.7. The number of nitrogens with zero attached hydrogens (tertiary/aromatic N) is 4. The number of aliphatic hydroxyl groups is 2. The summed E-state index contributed by atoms with van der Waals surface area (Å²) in [5, 5.41) is 19.1. The highest BCUT2D eigenvalue weighted by Crippen LogP contribution is 2.68. The molecule has 0 amide bonds. The van der Waals surface area contributed by atoms with Crippen molar-refractivity contribution in [1.82, 2.24) is 9.55 Å². The number of hydrogen-bond acceptors (Lipinski definition) is 9. The van der Waals surface area contributed by atoms with Gasteiger partial charge in [0.05, 0.1) is 18.8 Å². The van der Waals surface area contributed by atoms with E-state index >= 15 is 0 Å². The minimum atomic E-state index is -5.50. The van der Waals surface area contributed by atoms with Crippen molar-refractivity contribution < 1.29 is 48.4 Å². The van der Waals surface area contributed by atoms with Crippen molar-refractivity contribution in [2.45, 2.75) is 43.2 Å². The highest BCUT2D eigenvalue weighted by molar-refractivity contribution is 7.72. The highest BCUT2D eigenvalue weighted by Gasteiger charge is 2.59. The molecule has 0 spiro atoms. The van der Waals surface area contributed by atoms with E-state index in [0.717, 1.165) is 0 Å². The average Bonchev–Trinajstić information content (AvgIpc) is 3.33. The fourth-order valence-corrected chi connectivity index (χ4v) is 6.17. The van der Waals surface area contributed by atoms with Gasteiger partial charge in [-0.25, -0.2) is 4.79 Å². The van der Waals surface area contributed by atoms with Gasteiger partial charge in [-0.2, -0.15) is 0 Å². The Morgan fingerprint density at radius 3 is 2.30 bits per heavy atom. The molecule has 0 unspecified atom stereocenters. The van der Waals surface area contributed by atoms with Gasteiger partial charge in [-0.05, 0) is 42.3 Å². The summed E-state index contributed by atoms with van der Waals surface area (Å²) in [5.74, 6) is 0.798. The molecule has 19 heteroatoms. The molecule has 4 rings (SSSR count). The zero-order valence-electron chi connectivity index (χ0n) is 22.4. The van der Waals surface area contributed by atoms with Crippen LogP contribution in [-0.2, 0) is 20.3 Å². The quantitative estimate of drug-likeness (QED) is 0.0763. The number of aliphatic hydroxyl groups excluding tert-OH is 1. The van der Waals surface area contributed by atoms with Gasteiger partial charge in [-0.1, -0.05) is 35.4 Å². The first-order valence-electron chi connectivity index (χ1n) is 12.4. The second kappa shape index (κ2) is 13.8. The van der Waals surface area contributed by atoms with Crippen LogP contribution in [0.2, 0.25) is 0 Å². The number of aryl methyl sites for hydroxylation is 1. The number of hydrogen-bond donors (Lipinski definition) is 7. The first-order valence-corrected chi connectivity index (χ1v) is 15.6. The Kier molecular flexibility index (Phi) is 10.9. The summed E-state index contributed by atoms with van der Waals surface area (Å²) in [6, 6.07) is 13.9. The number of H-pyrrole nitrogens is 1. The molecule has 7 N–H and O–H groups in total. The minimum absolute atomic E-state index is 0.0950. The summed E-state index contributed by atoms with van der Waals surface area (Å²) in [5.41, 5.74) is 7.85. The predicted octanol–water partition coefficient (Wildman–Crippen LogP) is 1.83. The van der Waals surface area contributed by atoms with Gasteiger partial charge < -0.3 is 39.3 Å². The van der Waals surface area contributed by atoms with E-state index in [-0.39, 0.29) is 24.3 Å². The van der Waals surface area contributed by atoms with Crippen LogP contribution in [0.5, 0.6) is 11.5 Å². The van der Waals surface area contributed by atoms with E-state index in [1.165, 1.54) is 29.0 Å². The van der Waals surface area contributed by atoms with E-state index in [9.17, 15) is 43.4 Å². The molecule has 2 aromatic carbocycles. The van der Waals surface area contributed by atoms with E-state index in [0.29, 0.717) is 11.3 Å². The van der Waals surface area contributed by atoms with Crippen LogP contribution in [0, 0.1) is 6.92 Å². The van der Waals surface area contributed by atoms with Crippen molar-refractivity contribution in [3.05, 3.63) is 103 Å². The lowest BCUT2D eigenvalue weighted by molar-refractivity contribution is -0.0271. The number of aromatic nitrogens is 2. The van der Waals surface area contributed by atoms with Crippen LogP contribution in [0.15, 0.2) is 75.5 Å². The van der Waals surface area contributed by atoms with Crippen LogP contribution >= 0.6 is 15.2 Å². The molecule has 2 heterocycles. The smallest absolute Gasteiger partial charge is 0.369 e. The van der Waals surface area contributed by atoms with Crippen LogP contribution in [0.4, 0.5) is 0 Å². The molecule has 232 valence electrons. The van der Waals surface area contributed by atoms with Gasteiger partial charge in [0, 0.05) is 29.5 Å². The Bertz CT molecular complexity index is 1660. The Hall–Kier alpha value is -3.59. The minimum Gasteiger partial charge on any atom is -0.457 e. The van der Waals surface area contributed by atoms with Crippen LogP contribution in [0.3, 0.4) is 0 Å². The van der Waals surface area contributed by atoms with Crippen molar-refractivity contribution in [2.24, 2.45) is 5.11 Å². The van der Waals surface area contributed by atoms with Crippen molar-refractivity contribution in [3.63, 3.8) is 0 Å². The zero-order chi connectivity index (χ0) is 32.0. The Balaban J connectivity index is 0.000000242. The van der Waals surface area contributed by atoms with Crippen LogP contribution in [0.25, 0.3) is 10.4 Å². The van der Waals surface area contributed by atoms with Crippen LogP contribution < -0.4 is 16.0 Å². The number of nitrogens with one attached hydrogen (secondary N) is 1. The van der Waals surface area contributed by atoms with E-state index < -0.39 is 56.3 Å². The molecule has 0 radical (unpaired) electrons. The van der Waals surface area contributed by atoms with Gasteiger partial charge in [0.2, 0.25) is 0 Å². The standard InChI is InChI=1S/C14H16O8P2.C10H13N5O4/c15-14(23(16,17)18,24(19,20)21)10-11-5-4-8-13(9-11)22-12-6-2-1-3-7-12;1-5-3-15(10(18)12-9(5)17)8-2-6(13-14-11)7(4-16)19-8/h1-9,15H,10H2,(H2,16,17,18)(H2,19,20,21);3,6-8,16H,2,4H2,1H3,(H,12,17,18)/t;6-,7+,8+/m.0/s1. The molecular formula is C24H29N5O12P2. The largest absolute Gasteiger partial charge is 0.457 e. The fraction of sp³-hybridized carbons (Fsp3) is 0.333. The number of benzene rings is 2. The summed E-state index contributed by atoms with van der Waals surface area (Å²) >= 11 is 0. The van der Waals surface area contributed by atoms with Gasteiger partial charge in [-0.15, -0.1) is 0 Å². The molecular weight excluding hydrogens is 612 g/mol. The maximum absolute atomic E-state index is 11.7. The molecule has 1 fully saturated rings. The SMILES string of the molecule is Cc1cn([C@H]2C[C@H](N=[N+]=[N-])[C@@H](CO)O2)c(=O)[nH]c1=O.O=P(O)(O)C(O)(Cc1cccc(Oc2ccccc2)c1)P(=O)(O)O. The van der Waals surface area contributed by atoms with Gasteiger partial charge in [-0.3, -0.25) is 23.5 Å². The predicted molar refractivity (Wildman–Crippen MR) is 150 cm³/mol. The number of rotatable bonds is 9.